The molecule has 2 unspecified atom stereocenters. The third-order valence-electron chi connectivity index (χ3n) is 6.64. The van der Waals surface area contributed by atoms with Gasteiger partial charge in [0.05, 0.1) is 25.4 Å². The molecular weight excluding hydrogens is 591 g/mol. The fraction of sp³-hybridized carbons (Fsp3) is 0.364. The minimum absolute atomic E-state index is 0.0588. The summed E-state index contributed by atoms with van der Waals surface area (Å²) in [7, 11) is 1.55. The molecule has 4 rings (SSSR count). The molecule has 0 fully saturated rings. The standard InChI is InChI=1S/C33H36Cl2N2O6/c1-8-41-30(38)33(22-11-15-24(35)16-12-22)28(21-9-13-23(34)14-10-21)36-29(37(33)31(39)43-32(4,5)6)26-18-17-25(40-7)19-27(26)42-20(2)3/h9-20,28H,8H2,1-7H3. The molecule has 3 aromatic carbocycles. The molecule has 0 aliphatic carbocycles. The second kappa shape index (κ2) is 12.9. The number of rotatable bonds is 8. The highest BCUT2D eigenvalue weighted by molar-refractivity contribution is 6.30. The second-order valence-corrected chi connectivity index (χ2v) is 12.1. The lowest BCUT2D eigenvalue weighted by molar-refractivity contribution is -0.156. The van der Waals surface area contributed by atoms with E-state index in [4.69, 9.17) is 47.1 Å². The van der Waals surface area contributed by atoms with E-state index in [1.54, 1.807) is 102 Å². The molecule has 1 heterocycles. The predicted octanol–water partition coefficient (Wildman–Crippen LogP) is 7.99. The number of amidine groups is 1. The highest BCUT2D eigenvalue weighted by atomic mass is 35.5. The lowest BCUT2D eigenvalue weighted by Gasteiger charge is -2.40. The lowest BCUT2D eigenvalue weighted by atomic mass is 9.79. The number of hydrogen-bond acceptors (Lipinski definition) is 7. The van der Waals surface area contributed by atoms with E-state index in [1.165, 1.54) is 4.90 Å². The van der Waals surface area contributed by atoms with Gasteiger partial charge in [-0.15, -0.1) is 0 Å². The van der Waals surface area contributed by atoms with Gasteiger partial charge in [0.25, 0.3) is 0 Å². The van der Waals surface area contributed by atoms with Gasteiger partial charge in [-0.2, -0.15) is 0 Å². The van der Waals surface area contributed by atoms with Crippen LogP contribution in [0.3, 0.4) is 0 Å². The molecular formula is C33H36Cl2N2O6. The van der Waals surface area contributed by atoms with Gasteiger partial charge >= 0.3 is 12.1 Å². The molecule has 3 aromatic rings. The number of benzene rings is 3. The van der Waals surface area contributed by atoms with Gasteiger partial charge in [-0.25, -0.2) is 14.5 Å². The molecule has 8 nitrogen and oxygen atoms in total. The van der Waals surface area contributed by atoms with E-state index in [0.29, 0.717) is 38.2 Å². The van der Waals surface area contributed by atoms with Crippen molar-refractivity contribution in [3.05, 3.63) is 93.5 Å². The van der Waals surface area contributed by atoms with Gasteiger partial charge in [0, 0.05) is 16.1 Å². The Morgan fingerprint density at radius 2 is 1.58 bits per heavy atom. The van der Waals surface area contributed by atoms with Gasteiger partial charge in [0.15, 0.2) is 0 Å². The molecule has 0 radical (unpaired) electrons. The molecule has 1 aliphatic heterocycles. The first-order valence-corrected chi connectivity index (χ1v) is 14.7. The second-order valence-electron chi connectivity index (χ2n) is 11.2. The highest BCUT2D eigenvalue weighted by Gasteiger charge is 2.62. The zero-order valence-corrected chi connectivity index (χ0v) is 26.8. The van der Waals surface area contributed by atoms with Crippen LogP contribution in [0.5, 0.6) is 11.5 Å². The van der Waals surface area contributed by atoms with Crippen LogP contribution in [0.15, 0.2) is 71.7 Å². The van der Waals surface area contributed by atoms with Crippen LogP contribution in [0.2, 0.25) is 10.0 Å². The van der Waals surface area contributed by atoms with Crippen molar-refractivity contribution in [2.75, 3.05) is 13.7 Å². The maximum atomic E-state index is 14.5. The van der Waals surface area contributed by atoms with Crippen LogP contribution in [-0.2, 0) is 19.8 Å². The zero-order valence-electron chi connectivity index (χ0n) is 25.3. The number of nitrogens with zero attached hydrogens (tertiary/aromatic N) is 2. The molecule has 228 valence electrons. The van der Waals surface area contributed by atoms with Gasteiger partial charge in [-0.1, -0.05) is 47.5 Å². The summed E-state index contributed by atoms with van der Waals surface area (Å²) in [4.78, 5) is 35.3. The van der Waals surface area contributed by atoms with Gasteiger partial charge in [0.2, 0.25) is 5.54 Å². The van der Waals surface area contributed by atoms with Crippen molar-refractivity contribution in [1.29, 1.82) is 0 Å². The van der Waals surface area contributed by atoms with Crippen molar-refractivity contribution in [3.8, 4) is 11.5 Å². The van der Waals surface area contributed by atoms with Gasteiger partial charge in [-0.05, 0) is 89.1 Å². The number of hydrogen-bond donors (Lipinski definition) is 0. The molecule has 0 bridgehead atoms. The quantitative estimate of drug-likeness (QED) is 0.236. The molecule has 2 atom stereocenters. The van der Waals surface area contributed by atoms with E-state index >= 15 is 0 Å². The number of carbonyl (C=O) groups is 2. The number of amides is 1. The Balaban J connectivity index is 2.13. The predicted molar refractivity (Wildman–Crippen MR) is 167 cm³/mol. The van der Waals surface area contributed by atoms with Crippen LogP contribution >= 0.6 is 23.2 Å². The van der Waals surface area contributed by atoms with E-state index in [-0.39, 0.29) is 18.5 Å². The van der Waals surface area contributed by atoms with Gasteiger partial charge in [0.1, 0.15) is 29.0 Å². The molecule has 43 heavy (non-hydrogen) atoms. The van der Waals surface area contributed by atoms with Crippen LogP contribution in [0.25, 0.3) is 0 Å². The first-order chi connectivity index (χ1) is 20.3. The Kier molecular flexibility index (Phi) is 9.62. The lowest BCUT2D eigenvalue weighted by Crippen LogP contribution is -2.57. The SMILES string of the molecule is CCOC(=O)C1(c2ccc(Cl)cc2)C(c2ccc(Cl)cc2)N=C(c2ccc(OC)cc2OC(C)C)N1C(=O)OC(C)(C)C. The van der Waals surface area contributed by atoms with Crippen LogP contribution in [0.4, 0.5) is 4.79 Å². The van der Waals surface area contributed by atoms with Crippen LogP contribution < -0.4 is 9.47 Å². The first kappa shape index (κ1) is 32.2. The molecule has 0 spiro atoms. The molecule has 1 aliphatic rings. The summed E-state index contributed by atoms with van der Waals surface area (Å²) in [5.41, 5.74) is -1.23. The fourth-order valence-electron chi connectivity index (χ4n) is 4.97. The molecule has 0 saturated heterocycles. The summed E-state index contributed by atoms with van der Waals surface area (Å²) in [6.45, 7) is 10.8. The smallest absolute Gasteiger partial charge is 0.417 e. The van der Waals surface area contributed by atoms with Crippen molar-refractivity contribution in [3.63, 3.8) is 0 Å². The minimum Gasteiger partial charge on any atom is -0.497 e. The van der Waals surface area contributed by atoms with E-state index in [0.717, 1.165) is 0 Å². The molecule has 0 aromatic heterocycles. The molecule has 0 saturated carbocycles. The summed E-state index contributed by atoms with van der Waals surface area (Å²) in [6, 6.07) is 17.9. The Morgan fingerprint density at radius 1 is 0.977 bits per heavy atom. The zero-order chi connectivity index (χ0) is 31.5. The van der Waals surface area contributed by atoms with Crippen molar-refractivity contribution < 1.29 is 28.5 Å². The van der Waals surface area contributed by atoms with Crippen LogP contribution in [-0.4, -0.2) is 48.2 Å². The largest absolute Gasteiger partial charge is 0.497 e. The summed E-state index contributed by atoms with van der Waals surface area (Å²) in [5.74, 6) is 0.426. The Bertz CT molecular complexity index is 1500. The third-order valence-corrected chi connectivity index (χ3v) is 7.14. The Hall–Kier alpha value is -3.75. The van der Waals surface area contributed by atoms with Crippen molar-refractivity contribution in [2.24, 2.45) is 4.99 Å². The summed E-state index contributed by atoms with van der Waals surface area (Å²) < 4.78 is 23.4. The normalized spacial score (nSPS) is 18.3. The van der Waals surface area contributed by atoms with E-state index < -0.39 is 29.2 Å². The van der Waals surface area contributed by atoms with Gasteiger partial charge in [-0.3, -0.25) is 4.99 Å². The summed E-state index contributed by atoms with van der Waals surface area (Å²) in [5, 5.41) is 0.961. The summed E-state index contributed by atoms with van der Waals surface area (Å²) in [6.07, 6.45) is -1.02. The van der Waals surface area contributed by atoms with Crippen molar-refractivity contribution >= 4 is 41.1 Å². The molecule has 10 heteroatoms. The van der Waals surface area contributed by atoms with Crippen molar-refractivity contribution in [2.45, 2.75) is 64.8 Å². The first-order valence-electron chi connectivity index (χ1n) is 14.0. The minimum atomic E-state index is -1.83. The monoisotopic (exact) mass is 626 g/mol. The number of methoxy groups -OCH3 is 1. The fourth-order valence-corrected chi connectivity index (χ4v) is 5.22. The number of carbonyl (C=O) groups excluding carboxylic acids is 2. The topological polar surface area (TPSA) is 86.7 Å². The van der Waals surface area contributed by atoms with Crippen LogP contribution in [0.1, 0.15) is 64.3 Å². The average Bonchev–Trinajstić information content (AvgIpc) is 3.29. The maximum absolute atomic E-state index is 14.5. The average molecular weight is 628 g/mol. The number of ether oxygens (including phenoxy) is 4. The molecule has 1 amide bonds. The number of halogens is 2. The summed E-state index contributed by atoms with van der Waals surface area (Å²) >= 11 is 12.5. The van der Waals surface area contributed by atoms with E-state index in [1.807, 2.05) is 13.8 Å². The molecule has 0 N–H and O–H groups in total. The van der Waals surface area contributed by atoms with Gasteiger partial charge < -0.3 is 18.9 Å². The number of esters is 1. The van der Waals surface area contributed by atoms with E-state index in [2.05, 4.69) is 0 Å². The van der Waals surface area contributed by atoms with Crippen molar-refractivity contribution in [1.82, 2.24) is 4.90 Å². The van der Waals surface area contributed by atoms with E-state index in [9.17, 15) is 9.59 Å². The highest BCUT2D eigenvalue weighted by Crippen LogP contribution is 2.51. The van der Waals surface area contributed by atoms with Crippen LogP contribution in [0, 0.1) is 0 Å². The Labute approximate surface area is 262 Å². The third kappa shape index (κ3) is 6.60. The number of aliphatic imine (C=N–C) groups is 1. The Morgan fingerprint density at radius 3 is 2.12 bits per heavy atom. The maximum Gasteiger partial charge on any atom is 0.417 e.